The molecule has 1 atom stereocenters. The molecule has 1 nitrogen and oxygen atoms in total. The van der Waals surface area contributed by atoms with Crippen molar-refractivity contribution in [3.05, 3.63) is 34.6 Å². The van der Waals surface area contributed by atoms with Crippen molar-refractivity contribution in [1.29, 1.82) is 0 Å². The molecule has 90 valence electrons. The molecule has 0 spiro atoms. The van der Waals surface area contributed by atoms with Gasteiger partial charge < -0.3 is 5.32 Å². The normalized spacial score (nSPS) is 12.8. The molecule has 0 aliphatic carbocycles. The van der Waals surface area contributed by atoms with Gasteiger partial charge in [0.25, 0.3) is 0 Å². The Kier molecular flexibility index (Phi) is 6.10. The molecule has 0 aromatic heterocycles. The lowest BCUT2D eigenvalue weighted by Crippen LogP contribution is -2.28. The number of halogens is 3. The van der Waals surface area contributed by atoms with Gasteiger partial charge in [-0.25, -0.2) is 4.39 Å². The van der Waals surface area contributed by atoms with Crippen LogP contribution in [-0.4, -0.2) is 11.9 Å². The summed E-state index contributed by atoms with van der Waals surface area (Å²) in [6.45, 7) is 2.52. The Bertz CT molecular complexity index is 311. The predicted octanol–water partition coefficient (Wildman–Crippen LogP) is 3.98. The van der Waals surface area contributed by atoms with Crippen LogP contribution in [0.3, 0.4) is 0 Å². The van der Waals surface area contributed by atoms with Crippen LogP contribution in [-0.2, 0) is 6.54 Å². The first-order valence-electron chi connectivity index (χ1n) is 5.41. The third-order valence-electron chi connectivity index (χ3n) is 2.58. The largest absolute Gasteiger partial charge is 0.310 e. The second kappa shape index (κ2) is 7.10. The van der Waals surface area contributed by atoms with Gasteiger partial charge >= 0.3 is 0 Å². The van der Waals surface area contributed by atoms with Crippen LogP contribution < -0.4 is 5.32 Å². The highest BCUT2D eigenvalue weighted by atomic mass is 35.5. The van der Waals surface area contributed by atoms with E-state index in [0.717, 1.165) is 12.8 Å². The molecule has 1 unspecified atom stereocenters. The average Bonchev–Trinajstić information content (AvgIpc) is 2.27. The first-order valence-corrected chi connectivity index (χ1v) is 6.32. The van der Waals surface area contributed by atoms with Crippen molar-refractivity contribution in [3.8, 4) is 0 Å². The van der Waals surface area contributed by atoms with Gasteiger partial charge in [0.2, 0.25) is 0 Å². The van der Waals surface area contributed by atoms with E-state index in [9.17, 15) is 4.39 Å². The molecule has 0 aliphatic heterocycles. The number of benzene rings is 1. The zero-order valence-corrected chi connectivity index (χ0v) is 10.8. The summed E-state index contributed by atoms with van der Waals surface area (Å²) in [5.74, 6) is 0.344. The van der Waals surface area contributed by atoms with Crippen LogP contribution in [0.1, 0.15) is 25.3 Å². The Labute approximate surface area is 106 Å². The first-order chi connectivity index (χ1) is 7.69. The molecule has 0 heterocycles. The Morgan fingerprint density at radius 2 is 2.19 bits per heavy atom. The number of rotatable bonds is 6. The van der Waals surface area contributed by atoms with Gasteiger partial charge in [-0.1, -0.05) is 24.6 Å². The first kappa shape index (κ1) is 13.8. The molecule has 0 amide bonds. The number of hydrogen-bond acceptors (Lipinski definition) is 1. The fraction of sp³-hybridized carbons (Fsp3) is 0.500. The number of nitrogens with one attached hydrogen (secondary N) is 1. The van der Waals surface area contributed by atoms with Crippen LogP contribution in [0.15, 0.2) is 18.2 Å². The standard InChI is InChI=1S/C12H16Cl2FN/c1-2-9(6-7-13)16-8-10-11(14)4-3-5-12(10)15/h3-5,9,16H,2,6-8H2,1H3. The molecule has 16 heavy (non-hydrogen) atoms. The summed E-state index contributed by atoms with van der Waals surface area (Å²) in [5.41, 5.74) is 0.525. The fourth-order valence-corrected chi connectivity index (χ4v) is 2.02. The summed E-state index contributed by atoms with van der Waals surface area (Å²) in [6, 6.07) is 5.04. The zero-order chi connectivity index (χ0) is 12.0. The highest BCUT2D eigenvalue weighted by Gasteiger charge is 2.09. The molecule has 0 aliphatic rings. The molecular formula is C12H16Cl2FN. The molecule has 1 N–H and O–H groups in total. The van der Waals surface area contributed by atoms with Crippen molar-refractivity contribution >= 4 is 23.2 Å². The zero-order valence-electron chi connectivity index (χ0n) is 9.27. The molecule has 0 bridgehead atoms. The maximum absolute atomic E-state index is 13.4. The Balaban J connectivity index is 2.59. The lowest BCUT2D eigenvalue weighted by atomic mass is 10.1. The van der Waals surface area contributed by atoms with Crippen molar-refractivity contribution in [3.63, 3.8) is 0 Å². The van der Waals surface area contributed by atoms with Crippen molar-refractivity contribution in [2.24, 2.45) is 0 Å². The molecule has 1 aromatic rings. The molecule has 0 saturated carbocycles. The number of hydrogen-bond donors (Lipinski definition) is 1. The molecule has 1 aromatic carbocycles. The quantitative estimate of drug-likeness (QED) is 0.766. The van der Waals surface area contributed by atoms with Gasteiger partial charge in [0.15, 0.2) is 0 Å². The van der Waals surface area contributed by atoms with Gasteiger partial charge in [-0.2, -0.15) is 0 Å². The minimum Gasteiger partial charge on any atom is -0.310 e. The van der Waals surface area contributed by atoms with Gasteiger partial charge in [0.1, 0.15) is 5.82 Å². The van der Waals surface area contributed by atoms with Gasteiger partial charge in [0.05, 0.1) is 0 Å². The number of alkyl halides is 1. The van der Waals surface area contributed by atoms with Crippen molar-refractivity contribution in [2.75, 3.05) is 5.88 Å². The lowest BCUT2D eigenvalue weighted by molar-refractivity contribution is 0.476. The second-order valence-electron chi connectivity index (χ2n) is 3.66. The molecule has 0 fully saturated rings. The maximum atomic E-state index is 13.4. The topological polar surface area (TPSA) is 12.0 Å². The van der Waals surface area contributed by atoms with E-state index in [0.29, 0.717) is 29.1 Å². The van der Waals surface area contributed by atoms with E-state index in [1.54, 1.807) is 12.1 Å². The Morgan fingerprint density at radius 1 is 1.44 bits per heavy atom. The highest BCUT2D eigenvalue weighted by molar-refractivity contribution is 6.31. The summed E-state index contributed by atoms with van der Waals surface area (Å²) < 4.78 is 13.4. The van der Waals surface area contributed by atoms with Crippen LogP contribution in [0.4, 0.5) is 4.39 Å². The van der Waals surface area contributed by atoms with Gasteiger partial charge in [-0.15, -0.1) is 11.6 Å². The van der Waals surface area contributed by atoms with Gasteiger partial charge in [-0.3, -0.25) is 0 Å². The second-order valence-corrected chi connectivity index (χ2v) is 4.45. The monoisotopic (exact) mass is 263 g/mol. The van der Waals surface area contributed by atoms with Crippen molar-refractivity contribution < 1.29 is 4.39 Å². The molecule has 4 heteroatoms. The molecule has 1 rings (SSSR count). The molecular weight excluding hydrogens is 248 g/mol. The van der Waals surface area contributed by atoms with Crippen LogP contribution in [0.2, 0.25) is 5.02 Å². The molecule has 0 radical (unpaired) electrons. The smallest absolute Gasteiger partial charge is 0.129 e. The average molecular weight is 264 g/mol. The van der Waals surface area contributed by atoms with Crippen LogP contribution >= 0.6 is 23.2 Å². The minimum atomic E-state index is -0.263. The Morgan fingerprint density at radius 3 is 2.75 bits per heavy atom. The summed E-state index contributed by atoms with van der Waals surface area (Å²) in [6.07, 6.45) is 1.85. The summed E-state index contributed by atoms with van der Waals surface area (Å²) in [7, 11) is 0. The summed E-state index contributed by atoms with van der Waals surface area (Å²) >= 11 is 11.6. The predicted molar refractivity (Wildman–Crippen MR) is 67.7 cm³/mol. The van der Waals surface area contributed by atoms with Gasteiger partial charge in [-0.05, 0) is 25.0 Å². The van der Waals surface area contributed by atoms with E-state index in [1.165, 1.54) is 6.07 Å². The maximum Gasteiger partial charge on any atom is 0.129 e. The van der Waals surface area contributed by atoms with Crippen LogP contribution in [0, 0.1) is 5.82 Å². The fourth-order valence-electron chi connectivity index (χ4n) is 1.53. The molecule has 0 saturated heterocycles. The van der Waals surface area contributed by atoms with E-state index < -0.39 is 0 Å². The third kappa shape index (κ3) is 3.93. The van der Waals surface area contributed by atoms with E-state index in [-0.39, 0.29) is 5.82 Å². The van der Waals surface area contributed by atoms with E-state index >= 15 is 0 Å². The minimum absolute atomic E-state index is 0.263. The highest BCUT2D eigenvalue weighted by Crippen LogP contribution is 2.19. The van der Waals surface area contributed by atoms with Crippen molar-refractivity contribution in [1.82, 2.24) is 5.32 Å². The lowest BCUT2D eigenvalue weighted by Gasteiger charge is -2.16. The van der Waals surface area contributed by atoms with E-state index in [1.807, 2.05) is 0 Å². The van der Waals surface area contributed by atoms with Gasteiger partial charge in [0, 0.05) is 29.1 Å². The summed E-state index contributed by atoms with van der Waals surface area (Å²) in [5, 5.41) is 3.73. The van der Waals surface area contributed by atoms with Crippen LogP contribution in [0.25, 0.3) is 0 Å². The summed E-state index contributed by atoms with van der Waals surface area (Å²) in [4.78, 5) is 0. The van der Waals surface area contributed by atoms with Crippen LogP contribution in [0.5, 0.6) is 0 Å². The van der Waals surface area contributed by atoms with E-state index in [4.69, 9.17) is 23.2 Å². The SMILES string of the molecule is CCC(CCCl)NCc1c(F)cccc1Cl. The Hall–Kier alpha value is -0.310. The van der Waals surface area contributed by atoms with E-state index in [2.05, 4.69) is 12.2 Å². The van der Waals surface area contributed by atoms with Crippen molar-refractivity contribution in [2.45, 2.75) is 32.4 Å². The third-order valence-corrected chi connectivity index (χ3v) is 3.15.